The molecule has 1 aromatic heterocycles. The third-order valence-corrected chi connectivity index (χ3v) is 5.49. The molecule has 1 aliphatic heterocycles. The van der Waals surface area contributed by atoms with Gasteiger partial charge in [-0.3, -0.25) is 10.1 Å². The van der Waals surface area contributed by atoms with Crippen molar-refractivity contribution < 1.29 is 14.3 Å². The summed E-state index contributed by atoms with van der Waals surface area (Å²) in [5, 5.41) is 3.43. The molecule has 1 fully saturated rings. The van der Waals surface area contributed by atoms with Gasteiger partial charge in [0.05, 0.1) is 23.4 Å². The van der Waals surface area contributed by atoms with Crippen LogP contribution in [0.2, 0.25) is 0 Å². The SMILES string of the molecule is Cc1cc(C)cc(OCC(=O)Nc2nc3ccc(N4CCOCC4)cc3s2)c1. The van der Waals surface area contributed by atoms with Crippen molar-refractivity contribution in [1.82, 2.24) is 4.98 Å². The topological polar surface area (TPSA) is 63.7 Å². The van der Waals surface area contributed by atoms with Crippen molar-refractivity contribution in [3.8, 4) is 5.75 Å². The first-order chi connectivity index (χ1) is 13.6. The Morgan fingerprint density at radius 3 is 2.68 bits per heavy atom. The summed E-state index contributed by atoms with van der Waals surface area (Å²) < 4.78 is 12.1. The maximum absolute atomic E-state index is 12.3. The molecule has 0 saturated carbocycles. The number of anilines is 2. The van der Waals surface area contributed by atoms with Crippen LogP contribution < -0.4 is 15.0 Å². The molecular formula is C21H23N3O3S. The molecule has 2 heterocycles. The lowest BCUT2D eigenvalue weighted by Gasteiger charge is -2.28. The van der Waals surface area contributed by atoms with Gasteiger partial charge in [0.25, 0.3) is 5.91 Å². The minimum atomic E-state index is -0.216. The lowest BCUT2D eigenvalue weighted by atomic mass is 10.1. The second-order valence-electron chi connectivity index (χ2n) is 6.93. The largest absolute Gasteiger partial charge is 0.484 e. The number of benzene rings is 2. The van der Waals surface area contributed by atoms with E-state index in [1.165, 1.54) is 11.3 Å². The van der Waals surface area contributed by atoms with Crippen molar-refractivity contribution in [2.24, 2.45) is 0 Å². The Kier molecular flexibility index (Phi) is 5.45. The van der Waals surface area contributed by atoms with Crippen LogP contribution in [0.25, 0.3) is 10.2 Å². The zero-order valence-electron chi connectivity index (χ0n) is 16.0. The number of thiazole rings is 1. The molecule has 0 spiro atoms. The van der Waals surface area contributed by atoms with Crippen molar-refractivity contribution >= 4 is 38.3 Å². The van der Waals surface area contributed by atoms with Crippen LogP contribution in [-0.2, 0) is 9.53 Å². The number of nitrogens with zero attached hydrogens (tertiary/aromatic N) is 2. The van der Waals surface area contributed by atoms with Crippen molar-refractivity contribution in [3.63, 3.8) is 0 Å². The fourth-order valence-corrected chi connectivity index (χ4v) is 4.22. The average molecular weight is 398 g/mol. The number of rotatable bonds is 5. The molecule has 0 aliphatic carbocycles. The molecule has 1 amide bonds. The van der Waals surface area contributed by atoms with Crippen molar-refractivity contribution in [3.05, 3.63) is 47.5 Å². The molecule has 146 valence electrons. The van der Waals surface area contributed by atoms with Crippen LogP contribution in [0.3, 0.4) is 0 Å². The van der Waals surface area contributed by atoms with E-state index in [4.69, 9.17) is 9.47 Å². The molecule has 3 aromatic rings. The maximum atomic E-state index is 12.3. The number of fused-ring (bicyclic) bond motifs is 1. The molecule has 0 atom stereocenters. The summed E-state index contributed by atoms with van der Waals surface area (Å²) in [4.78, 5) is 19.1. The molecule has 0 bridgehead atoms. The van der Waals surface area contributed by atoms with E-state index < -0.39 is 0 Å². The molecule has 0 radical (unpaired) electrons. The van der Waals surface area contributed by atoms with Gasteiger partial charge in [-0.1, -0.05) is 17.4 Å². The van der Waals surface area contributed by atoms with Crippen LogP contribution in [-0.4, -0.2) is 43.8 Å². The predicted octanol–water partition coefficient (Wildman–Crippen LogP) is 3.77. The van der Waals surface area contributed by atoms with Crippen LogP contribution in [0, 0.1) is 13.8 Å². The fraction of sp³-hybridized carbons (Fsp3) is 0.333. The molecule has 0 unspecified atom stereocenters. The third kappa shape index (κ3) is 4.43. The summed E-state index contributed by atoms with van der Waals surface area (Å²) in [5.74, 6) is 0.485. The number of aromatic nitrogens is 1. The van der Waals surface area contributed by atoms with Crippen molar-refractivity contribution in [1.29, 1.82) is 0 Å². The minimum Gasteiger partial charge on any atom is -0.484 e. The molecule has 4 rings (SSSR count). The number of hydrogen-bond donors (Lipinski definition) is 1. The van der Waals surface area contributed by atoms with Crippen LogP contribution in [0.1, 0.15) is 11.1 Å². The Morgan fingerprint density at radius 1 is 1.18 bits per heavy atom. The first-order valence-electron chi connectivity index (χ1n) is 9.31. The normalized spacial score (nSPS) is 14.3. The Hall–Kier alpha value is -2.64. The Labute approximate surface area is 168 Å². The molecule has 7 heteroatoms. The van der Waals surface area contributed by atoms with Gasteiger partial charge in [-0.05, 0) is 55.3 Å². The highest BCUT2D eigenvalue weighted by molar-refractivity contribution is 7.22. The minimum absolute atomic E-state index is 0.0438. The lowest BCUT2D eigenvalue weighted by molar-refractivity contribution is -0.118. The van der Waals surface area contributed by atoms with Gasteiger partial charge >= 0.3 is 0 Å². The van der Waals surface area contributed by atoms with Crippen LogP contribution in [0.5, 0.6) is 5.75 Å². The van der Waals surface area contributed by atoms with E-state index in [9.17, 15) is 4.79 Å². The number of morpholine rings is 1. The van der Waals surface area contributed by atoms with E-state index in [1.54, 1.807) is 0 Å². The fourth-order valence-electron chi connectivity index (χ4n) is 3.31. The second kappa shape index (κ2) is 8.16. The summed E-state index contributed by atoms with van der Waals surface area (Å²) in [6, 6.07) is 12.1. The number of carbonyl (C=O) groups excluding carboxylic acids is 1. The molecular weight excluding hydrogens is 374 g/mol. The average Bonchev–Trinajstić information content (AvgIpc) is 3.07. The molecule has 1 N–H and O–H groups in total. The Morgan fingerprint density at radius 2 is 1.93 bits per heavy atom. The quantitative estimate of drug-likeness (QED) is 0.710. The highest BCUT2D eigenvalue weighted by atomic mass is 32.1. The molecule has 28 heavy (non-hydrogen) atoms. The summed E-state index contributed by atoms with van der Waals surface area (Å²) in [5.41, 5.74) is 4.26. The zero-order valence-corrected chi connectivity index (χ0v) is 16.8. The van der Waals surface area contributed by atoms with Gasteiger partial charge < -0.3 is 14.4 Å². The molecule has 1 saturated heterocycles. The second-order valence-corrected chi connectivity index (χ2v) is 7.96. The van der Waals surface area contributed by atoms with Crippen LogP contribution in [0.15, 0.2) is 36.4 Å². The number of nitrogens with one attached hydrogen (secondary N) is 1. The van der Waals surface area contributed by atoms with Crippen LogP contribution >= 0.6 is 11.3 Å². The van der Waals surface area contributed by atoms with Crippen molar-refractivity contribution in [2.75, 3.05) is 43.1 Å². The Bertz CT molecular complexity index is 975. The number of amides is 1. The molecule has 6 nitrogen and oxygen atoms in total. The first-order valence-corrected chi connectivity index (χ1v) is 10.1. The molecule has 2 aromatic carbocycles. The summed E-state index contributed by atoms with van der Waals surface area (Å²) in [6.45, 7) is 7.26. The Balaban J connectivity index is 1.40. The van der Waals surface area contributed by atoms with E-state index >= 15 is 0 Å². The highest BCUT2D eigenvalue weighted by Crippen LogP contribution is 2.30. The van der Waals surface area contributed by atoms with Gasteiger partial charge in [-0.25, -0.2) is 4.98 Å². The van der Waals surface area contributed by atoms with Gasteiger partial charge in [0.2, 0.25) is 0 Å². The van der Waals surface area contributed by atoms with E-state index in [0.29, 0.717) is 10.9 Å². The van der Waals surface area contributed by atoms with E-state index in [1.807, 2.05) is 32.0 Å². The van der Waals surface area contributed by atoms with E-state index in [-0.39, 0.29) is 12.5 Å². The number of aryl methyl sites for hydroxylation is 2. The predicted molar refractivity (Wildman–Crippen MR) is 113 cm³/mol. The van der Waals surface area contributed by atoms with E-state index in [2.05, 4.69) is 33.4 Å². The number of carbonyl (C=O) groups is 1. The van der Waals surface area contributed by atoms with Gasteiger partial charge in [0.15, 0.2) is 11.7 Å². The summed E-state index contributed by atoms with van der Waals surface area (Å²) in [7, 11) is 0. The van der Waals surface area contributed by atoms with Crippen molar-refractivity contribution in [2.45, 2.75) is 13.8 Å². The van der Waals surface area contributed by atoms with Crippen LogP contribution in [0.4, 0.5) is 10.8 Å². The van der Waals surface area contributed by atoms with Gasteiger partial charge in [0, 0.05) is 18.8 Å². The summed E-state index contributed by atoms with van der Waals surface area (Å²) in [6.07, 6.45) is 0. The lowest BCUT2D eigenvalue weighted by Crippen LogP contribution is -2.36. The standard InChI is InChI=1S/C21H23N3O3S/c1-14-9-15(2)11-17(10-14)27-13-20(25)23-21-22-18-4-3-16(12-19(18)28-21)24-5-7-26-8-6-24/h3-4,9-12H,5-8,13H2,1-2H3,(H,22,23,25). The zero-order chi connectivity index (χ0) is 19.5. The van der Waals surface area contributed by atoms with E-state index in [0.717, 1.165) is 53.3 Å². The monoisotopic (exact) mass is 397 g/mol. The molecule has 1 aliphatic rings. The van der Waals surface area contributed by atoms with Gasteiger partial charge in [-0.15, -0.1) is 0 Å². The smallest absolute Gasteiger partial charge is 0.264 e. The maximum Gasteiger partial charge on any atom is 0.264 e. The first kappa shape index (κ1) is 18.7. The van der Waals surface area contributed by atoms with Gasteiger partial charge in [0.1, 0.15) is 5.75 Å². The summed E-state index contributed by atoms with van der Waals surface area (Å²) >= 11 is 1.47. The third-order valence-electron chi connectivity index (χ3n) is 4.56. The number of ether oxygens (including phenoxy) is 2. The number of hydrogen-bond acceptors (Lipinski definition) is 6. The van der Waals surface area contributed by atoms with Gasteiger partial charge in [-0.2, -0.15) is 0 Å². The highest BCUT2D eigenvalue weighted by Gasteiger charge is 2.14.